The van der Waals surface area contributed by atoms with E-state index in [9.17, 15) is 8.42 Å². The van der Waals surface area contributed by atoms with Gasteiger partial charge in [0.25, 0.3) is 0 Å². The Balaban J connectivity index is 1.36. The summed E-state index contributed by atoms with van der Waals surface area (Å²) in [5, 5.41) is 9.58. The molecule has 9 nitrogen and oxygen atoms in total. The van der Waals surface area contributed by atoms with Crippen molar-refractivity contribution in [3.05, 3.63) is 42.2 Å². The van der Waals surface area contributed by atoms with Crippen LogP contribution in [0.15, 0.2) is 36.5 Å². The second-order valence-electron chi connectivity index (χ2n) is 9.13. The highest BCUT2D eigenvalue weighted by Crippen LogP contribution is 2.40. The van der Waals surface area contributed by atoms with Gasteiger partial charge in [-0.05, 0) is 18.2 Å². The molecule has 1 N–H and O–H groups in total. The molecule has 3 aromatic heterocycles. The molecule has 184 valence electrons. The summed E-state index contributed by atoms with van der Waals surface area (Å²) in [5.41, 5.74) is 3.21. The molecule has 2 saturated heterocycles. The van der Waals surface area contributed by atoms with Crippen molar-refractivity contribution in [2.45, 2.75) is 6.54 Å². The molecular weight excluding hydrogens is 484 g/mol. The molecule has 0 saturated carbocycles. The van der Waals surface area contributed by atoms with Gasteiger partial charge in [0.2, 0.25) is 10.0 Å². The standard InChI is InChI=1S/C24H28N6O3S2/c1-35(31,32)30-7-5-28(6-8-30)16-17-13-22-19(24(26-17)29-9-11-33-12-10-29)14-23(34-22)18-3-2-4-21-20(18)15-25-27-21/h2-4,13-15H,5-12,16H2,1H3,(H,25,27). The molecule has 1 aromatic carbocycles. The number of nitrogens with zero attached hydrogens (tertiary/aromatic N) is 5. The fourth-order valence-electron chi connectivity index (χ4n) is 4.93. The zero-order valence-corrected chi connectivity index (χ0v) is 21.2. The summed E-state index contributed by atoms with van der Waals surface area (Å²) in [4.78, 5) is 10.9. The van der Waals surface area contributed by atoms with Crippen molar-refractivity contribution in [1.82, 2.24) is 24.4 Å². The van der Waals surface area contributed by atoms with Crippen molar-refractivity contribution >= 4 is 48.2 Å². The Labute approximate surface area is 208 Å². The largest absolute Gasteiger partial charge is 0.378 e. The first kappa shape index (κ1) is 22.9. The van der Waals surface area contributed by atoms with Crippen LogP contribution >= 0.6 is 11.3 Å². The number of hydrogen-bond donors (Lipinski definition) is 1. The lowest BCUT2D eigenvalue weighted by molar-refractivity contribution is 0.122. The van der Waals surface area contributed by atoms with Gasteiger partial charge in [-0.1, -0.05) is 12.1 Å². The van der Waals surface area contributed by atoms with Gasteiger partial charge in [-0.15, -0.1) is 11.3 Å². The third-order valence-corrected chi connectivity index (χ3v) is 9.21. The number of morpholine rings is 1. The summed E-state index contributed by atoms with van der Waals surface area (Å²) in [5.74, 6) is 1.01. The Morgan fingerprint density at radius 3 is 2.63 bits per heavy atom. The molecule has 0 unspecified atom stereocenters. The van der Waals surface area contributed by atoms with Gasteiger partial charge in [-0.2, -0.15) is 9.40 Å². The summed E-state index contributed by atoms with van der Waals surface area (Å²) < 4.78 is 32.1. The van der Waals surface area contributed by atoms with Gasteiger partial charge >= 0.3 is 0 Å². The third-order valence-electron chi connectivity index (χ3n) is 6.80. The fraction of sp³-hybridized carbons (Fsp3) is 0.417. The zero-order valence-electron chi connectivity index (χ0n) is 19.6. The summed E-state index contributed by atoms with van der Waals surface area (Å²) in [6, 6.07) is 10.7. The SMILES string of the molecule is CS(=O)(=O)N1CCN(Cc2cc3sc(-c4cccc5[nH]ncc45)cc3c(N3CCOCC3)n2)CC1. The number of ether oxygens (including phenoxy) is 1. The van der Waals surface area contributed by atoms with Gasteiger partial charge in [0.05, 0.1) is 36.9 Å². The Kier molecular flexibility index (Phi) is 5.97. The molecule has 6 rings (SSSR count). The first-order chi connectivity index (χ1) is 17.0. The lowest BCUT2D eigenvalue weighted by Gasteiger charge is -2.33. The number of hydrogen-bond acceptors (Lipinski definition) is 8. The predicted octanol–water partition coefficient (Wildman–Crippen LogP) is 2.75. The number of benzene rings is 1. The van der Waals surface area contributed by atoms with Crippen molar-refractivity contribution in [2.24, 2.45) is 0 Å². The molecule has 0 spiro atoms. The molecule has 2 aliphatic heterocycles. The minimum atomic E-state index is -3.14. The second kappa shape index (κ2) is 9.14. The van der Waals surface area contributed by atoms with Crippen molar-refractivity contribution in [1.29, 1.82) is 0 Å². The van der Waals surface area contributed by atoms with Gasteiger partial charge < -0.3 is 9.64 Å². The van der Waals surface area contributed by atoms with E-state index in [1.807, 2.05) is 12.3 Å². The van der Waals surface area contributed by atoms with Gasteiger partial charge in [0.1, 0.15) is 5.82 Å². The van der Waals surface area contributed by atoms with E-state index in [0.717, 1.165) is 40.9 Å². The molecule has 35 heavy (non-hydrogen) atoms. The number of pyridine rings is 1. The molecule has 0 aliphatic carbocycles. The molecule has 2 fully saturated rings. The van der Waals surface area contributed by atoms with Crippen LogP contribution in [0, 0.1) is 0 Å². The Morgan fingerprint density at radius 1 is 1.06 bits per heavy atom. The maximum absolute atomic E-state index is 11.9. The van der Waals surface area contributed by atoms with E-state index in [1.54, 1.807) is 15.6 Å². The topological polar surface area (TPSA) is 94.7 Å². The number of H-pyrrole nitrogens is 1. The van der Waals surface area contributed by atoms with Crippen LogP contribution in [0.5, 0.6) is 0 Å². The van der Waals surface area contributed by atoms with Crippen LogP contribution in [0.1, 0.15) is 5.69 Å². The third kappa shape index (κ3) is 4.54. The minimum Gasteiger partial charge on any atom is -0.378 e. The van der Waals surface area contributed by atoms with Crippen molar-refractivity contribution in [3.8, 4) is 10.4 Å². The van der Waals surface area contributed by atoms with E-state index in [-0.39, 0.29) is 0 Å². The monoisotopic (exact) mass is 512 g/mol. The molecule has 5 heterocycles. The van der Waals surface area contributed by atoms with E-state index >= 15 is 0 Å². The number of sulfonamides is 1. The summed E-state index contributed by atoms with van der Waals surface area (Å²) in [6.45, 7) is 6.20. The molecule has 2 aliphatic rings. The van der Waals surface area contributed by atoms with Crippen LogP contribution < -0.4 is 4.90 Å². The number of anilines is 1. The number of piperazine rings is 1. The van der Waals surface area contributed by atoms with Gasteiger partial charge in [-0.25, -0.2) is 13.4 Å². The average Bonchev–Trinajstić information content (AvgIpc) is 3.51. The Hall–Kier alpha value is -2.57. The highest BCUT2D eigenvalue weighted by molar-refractivity contribution is 7.88. The van der Waals surface area contributed by atoms with E-state index < -0.39 is 10.0 Å². The number of fused-ring (bicyclic) bond motifs is 2. The molecule has 11 heteroatoms. The number of thiophene rings is 1. The van der Waals surface area contributed by atoms with Crippen LogP contribution in [0.4, 0.5) is 5.82 Å². The smallest absolute Gasteiger partial charge is 0.211 e. The number of nitrogens with one attached hydrogen (secondary N) is 1. The van der Waals surface area contributed by atoms with Crippen LogP contribution in [0.2, 0.25) is 0 Å². The van der Waals surface area contributed by atoms with E-state index in [2.05, 4.69) is 44.3 Å². The molecule has 0 amide bonds. The normalized spacial score (nSPS) is 18.6. The van der Waals surface area contributed by atoms with Gasteiger partial charge in [0, 0.05) is 71.7 Å². The van der Waals surface area contributed by atoms with Crippen LogP contribution in [-0.2, 0) is 21.3 Å². The highest BCUT2D eigenvalue weighted by Gasteiger charge is 2.25. The fourth-order valence-corrected chi connectivity index (χ4v) is 6.91. The van der Waals surface area contributed by atoms with E-state index in [0.29, 0.717) is 45.9 Å². The first-order valence-corrected chi connectivity index (χ1v) is 14.5. The van der Waals surface area contributed by atoms with Crippen molar-refractivity contribution in [3.63, 3.8) is 0 Å². The van der Waals surface area contributed by atoms with Crippen LogP contribution in [-0.4, -0.2) is 91.5 Å². The van der Waals surface area contributed by atoms with Crippen LogP contribution in [0.3, 0.4) is 0 Å². The summed E-state index contributed by atoms with van der Waals surface area (Å²) in [7, 11) is -3.14. The number of rotatable bonds is 5. The van der Waals surface area contributed by atoms with Gasteiger partial charge in [-0.3, -0.25) is 10.00 Å². The maximum Gasteiger partial charge on any atom is 0.211 e. The summed E-state index contributed by atoms with van der Waals surface area (Å²) >= 11 is 1.78. The van der Waals surface area contributed by atoms with Crippen molar-refractivity contribution < 1.29 is 13.2 Å². The lowest BCUT2D eigenvalue weighted by Crippen LogP contribution is -2.47. The molecule has 4 aromatic rings. The number of aromatic amines is 1. The minimum absolute atomic E-state index is 0.523. The lowest BCUT2D eigenvalue weighted by atomic mass is 10.1. The average molecular weight is 513 g/mol. The van der Waals surface area contributed by atoms with E-state index in [1.165, 1.54) is 21.4 Å². The Morgan fingerprint density at radius 2 is 1.86 bits per heavy atom. The van der Waals surface area contributed by atoms with Crippen LogP contribution in [0.25, 0.3) is 31.4 Å². The quantitative estimate of drug-likeness (QED) is 0.439. The molecular formula is C24H28N6O3S2. The molecule has 0 radical (unpaired) electrons. The maximum atomic E-state index is 11.9. The molecule has 0 bridgehead atoms. The predicted molar refractivity (Wildman–Crippen MR) is 139 cm³/mol. The Bertz CT molecular complexity index is 1470. The molecule has 0 atom stereocenters. The highest BCUT2D eigenvalue weighted by atomic mass is 32.2. The summed E-state index contributed by atoms with van der Waals surface area (Å²) in [6.07, 6.45) is 3.17. The second-order valence-corrected chi connectivity index (χ2v) is 12.2. The number of aromatic nitrogens is 3. The zero-order chi connectivity index (χ0) is 24.0. The van der Waals surface area contributed by atoms with Gasteiger partial charge in [0.15, 0.2) is 0 Å². The van der Waals surface area contributed by atoms with E-state index in [4.69, 9.17) is 9.72 Å². The van der Waals surface area contributed by atoms with Crippen molar-refractivity contribution in [2.75, 3.05) is 63.6 Å². The first-order valence-electron chi connectivity index (χ1n) is 11.8.